The first-order valence-corrected chi connectivity index (χ1v) is 9.27. The van der Waals surface area contributed by atoms with Crippen LogP contribution in [0.2, 0.25) is 0 Å². The quantitative estimate of drug-likeness (QED) is 0.558. The van der Waals surface area contributed by atoms with Gasteiger partial charge in [0, 0.05) is 19.3 Å². The van der Waals surface area contributed by atoms with Crippen LogP contribution in [0.15, 0.2) is 52.1 Å². The summed E-state index contributed by atoms with van der Waals surface area (Å²) < 4.78 is 11.0. The molecule has 3 heterocycles. The minimum Gasteiger partial charge on any atom is -0.459 e. The summed E-state index contributed by atoms with van der Waals surface area (Å²) in [5.74, 6) is 0.788. The van der Waals surface area contributed by atoms with E-state index in [0.717, 1.165) is 30.1 Å². The Labute approximate surface area is 158 Å². The van der Waals surface area contributed by atoms with E-state index in [-0.39, 0.29) is 11.7 Å². The van der Waals surface area contributed by atoms with Gasteiger partial charge >= 0.3 is 0 Å². The van der Waals surface area contributed by atoms with Gasteiger partial charge < -0.3 is 25.1 Å². The number of carbonyl (C=O) groups excluding carboxylic acids is 1. The molecule has 2 aromatic rings. The van der Waals surface area contributed by atoms with Crippen LogP contribution in [0.5, 0.6) is 0 Å². The molecule has 27 heavy (non-hydrogen) atoms. The van der Waals surface area contributed by atoms with Crippen LogP contribution in [0.25, 0.3) is 0 Å². The van der Waals surface area contributed by atoms with E-state index < -0.39 is 0 Å². The van der Waals surface area contributed by atoms with Gasteiger partial charge in [0.2, 0.25) is 0 Å². The van der Waals surface area contributed by atoms with Gasteiger partial charge in [0.25, 0.3) is 5.91 Å². The summed E-state index contributed by atoms with van der Waals surface area (Å²) in [6.07, 6.45) is 5.52. The van der Waals surface area contributed by atoms with Crippen LogP contribution in [0, 0.1) is 0 Å². The predicted octanol–water partition coefficient (Wildman–Crippen LogP) is 2.52. The number of carbonyl (C=O) groups is 1. The van der Waals surface area contributed by atoms with Crippen LogP contribution in [0.4, 0.5) is 5.69 Å². The van der Waals surface area contributed by atoms with Crippen molar-refractivity contribution in [2.24, 2.45) is 4.99 Å². The summed E-state index contributed by atoms with van der Waals surface area (Å²) in [6, 6.07) is 11.4. The van der Waals surface area contributed by atoms with Crippen molar-refractivity contribution in [2.75, 3.05) is 12.4 Å². The van der Waals surface area contributed by atoms with E-state index in [4.69, 9.17) is 9.15 Å². The first kappa shape index (κ1) is 17.6. The molecule has 0 radical (unpaired) electrons. The average Bonchev–Trinajstić information content (AvgIpc) is 3.43. The molecule has 2 saturated heterocycles. The van der Waals surface area contributed by atoms with E-state index in [1.807, 2.05) is 24.3 Å². The van der Waals surface area contributed by atoms with Gasteiger partial charge in [-0.05, 0) is 49.1 Å². The van der Waals surface area contributed by atoms with Gasteiger partial charge in [-0.1, -0.05) is 12.1 Å². The third-order valence-corrected chi connectivity index (χ3v) is 5.04. The Hall–Kier alpha value is -2.80. The average molecular weight is 368 g/mol. The van der Waals surface area contributed by atoms with Crippen molar-refractivity contribution in [3.05, 3.63) is 54.0 Å². The standard InChI is InChI=1S/C20H24N4O3/c1-21-20(24-16-11-15-7-8-17(16)27-15)22-12-13-4-2-5-14(10-13)23-19(25)18-6-3-9-26-18/h2-6,9-10,15-17H,7-8,11-12H2,1H3,(H,23,25)(H2,21,22,24). The topological polar surface area (TPSA) is 87.9 Å². The number of hydrogen-bond donors (Lipinski definition) is 3. The zero-order chi connectivity index (χ0) is 18.6. The Bertz CT molecular complexity index is 818. The first-order chi connectivity index (χ1) is 13.2. The first-order valence-electron chi connectivity index (χ1n) is 9.27. The molecule has 1 amide bonds. The Morgan fingerprint density at radius 1 is 1.26 bits per heavy atom. The monoisotopic (exact) mass is 368 g/mol. The maximum atomic E-state index is 12.1. The lowest BCUT2D eigenvalue weighted by atomic mass is 9.96. The molecule has 7 nitrogen and oxygen atoms in total. The number of rotatable bonds is 5. The van der Waals surface area contributed by atoms with Gasteiger partial charge in [-0.15, -0.1) is 0 Å². The second-order valence-electron chi connectivity index (χ2n) is 6.92. The summed E-state index contributed by atoms with van der Waals surface area (Å²) in [4.78, 5) is 16.4. The van der Waals surface area contributed by atoms with Crippen molar-refractivity contribution < 1.29 is 13.9 Å². The number of benzene rings is 1. The number of hydrogen-bond acceptors (Lipinski definition) is 4. The molecule has 7 heteroatoms. The zero-order valence-corrected chi connectivity index (χ0v) is 15.3. The van der Waals surface area contributed by atoms with E-state index >= 15 is 0 Å². The van der Waals surface area contributed by atoms with Crippen LogP contribution < -0.4 is 16.0 Å². The van der Waals surface area contributed by atoms with Crippen molar-refractivity contribution in [1.82, 2.24) is 10.6 Å². The third kappa shape index (κ3) is 4.14. The summed E-state index contributed by atoms with van der Waals surface area (Å²) in [7, 11) is 1.77. The van der Waals surface area contributed by atoms with Gasteiger partial charge in [-0.25, -0.2) is 0 Å². The van der Waals surface area contributed by atoms with Crippen LogP contribution in [-0.2, 0) is 11.3 Å². The van der Waals surface area contributed by atoms with Gasteiger partial charge in [-0.2, -0.15) is 0 Å². The lowest BCUT2D eigenvalue weighted by Gasteiger charge is -2.22. The van der Waals surface area contributed by atoms with E-state index in [2.05, 4.69) is 20.9 Å². The van der Waals surface area contributed by atoms with E-state index in [1.165, 1.54) is 12.7 Å². The number of ether oxygens (including phenoxy) is 1. The van der Waals surface area contributed by atoms with Crippen molar-refractivity contribution in [3.8, 4) is 0 Å². The Kier molecular flexibility index (Phi) is 5.11. The van der Waals surface area contributed by atoms with Gasteiger partial charge in [0.05, 0.1) is 24.5 Å². The molecule has 2 fully saturated rings. The minimum absolute atomic E-state index is 0.265. The number of furan rings is 1. The normalized spacial score (nSPS) is 24.0. The van der Waals surface area contributed by atoms with Gasteiger partial charge in [0.15, 0.2) is 11.7 Å². The zero-order valence-electron chi connectivity index (χ0n) is 15.3. The number of anilines is 1. The van der Waals surface area contributed by atoms with Crippen LogP contribution in [-0.4, -0.2) is 37.2 Å². The van der Waals surface area contributed by atoms with Crippen molar-refractivity contribution >= 4 is 17.6 Å². The number of amides is 1. The second-order valence-corrected chi connectivity index (χ2v) is 6.92. The van der Waals surface area contributed by atoms with Gasteiger partial charge in [-0.3, -0.25) is 9.79 Å². The molecule has 3 atom stereocenters. The number of nitrogens with zero attached hydrogens (tertiary/aromatic N) is 1. The smallest absolute Gasteiger partial charge is 0.291 e. The molecule has 3 unspecified atom stereocenters. The lowest BCUT2D eigenvalue weighted by molar-refractivity contribution is 0.0990. The molecule has 0 spiro atoms. The molecule has 1 aromatic heterocycles. The number of fused-ring (bicyclic) bond motifs is 2. The van der Waals surface area contributed by atoms with Crippen LogP contribution in [0.3, 0.4) is 0 Å². The molecule has 1 aromatic carbocycles. The summed E-state index contributed by atoms with van der Waals surface area (Å²) >= 11 is 0. The Morgan fingerprint density at radius 3 is 2.89 bits per heavy atom. The molecule has 4 rings (SSSR count). The Morgan fingerprint density at radius 2 is 2.19 bits per heavy atom. The predicted molar refractivity (Wildman–Crippen MR) is 103 cm³/mol. The highest BCUT2D eigenvalue weighted by molar-refractivity contribution is 6.02. The molecule has 3 N–H and O–H groups in total. The molecular weight excluding hydrogens is 344 g/mol. The molecule has 2 aliphatic heterocycles. The molecule has 0 aliphatic carbocycles. The molecule has 0 saturated carbocycles. The lowest BCUT2D eigenvalue weighted by Crippen LogP contribution is -2.47. The van der Waals surface area contributed by atoms with Gasteiger partial charge in [0.1, 0.15) is 0 Å². The van der Waals surface area contributed by atoms with E-state index in [0.29, 0.717) is 24.8 Å². The Balaban J connectivity index is 1.31. The third-order valence-electron chi connectivity index (χ3n) is 5.04. The summed E-state index contributed by atoms with van der Waals surface area (Å²) in [5, 5.41) is 9.64. The highest BCUT2D eigenvalue weighted by Gasteiger charge is 2.41. The second kappa shape index (κ2) is 7.84. The fourth-order valence-electron chi connectivity index (χ4n) is 3.71. The minimum atomic E-state index is -0.265. The number of aliphatic imine (C=N–C) groups is 1. The molecule has 2 aliphatic rings. The highest BCUT2D eigenvalue weighted by Crippen LogP contribution is 2.34. The fourth-order valence-corrected chi connectivity index (χ4v) is 3.71. The highest BCUT2D eigenvalue weighted by atomic mass is 16.5. The molecule has 142 valence electrons. The summed E-state index contributed by atoms with van der Waals surface area (Å²) in [6.45, 7) is 0.603. The summed E-state index contributed by atoms with van der Waals surface area (Å²) in [5.41, 5.74) is 1.76. The SMILES string of the molecule is CN=C(NCc1cccc(NC(=O)c2ccco2)c1)NC1CC2CCC1O2. The fraction of sp³-hybridized carbons (Fsp3) is 0.400. The number of nitrogens with one attached hydrogen (secondary N) is 3. The van der Waals surface area contributed by atoms with E-state index in [9.17, 15) is 4.79 Å². The van der Waals surface area contributed by atoms with Crippen molar-refractivity contribution in [3.63, 3.8) is 0 Å². The van der Waals surface area contributed by atoms with E-state index in [1.54, 1.807) is 19.2 Å². The maximum Gasteiger partial charge on any atom is 0.291 e. The van der Waals surface area contributed by atoms with Crippen LogP contribution in [0.1, 0.15) is 35.4 Å². The largest absolute Gasteiger partial charge is 0.459 e. The van der Waals surface area contributed by atoms with Crippen molar-refractivity contribution in [1.29, 1.82) is 0 Å². The number of guanidine groups is 1. The van der Waals surface area contributed by atoms with Crippen molar-refractivity contribution in [2.45, 2.75) is 44.1 Å². The maximum absolute atomic E-state index is 12.1. The molecule has 2 bridgehead atoms. The van der Waals surface area contributed by atoms with Crippen LogP contribution >= 0.6 is 0 Å². The molecular formula is C20H24N4O3.